The number of aromatic nitrogens is 2. The fourth-order valence-corrected chi connectivity index (χ4v) is 2.96. The zero-order valence-corrected chi connectivity index (χ0v) is 13.6. The van der Waals surface area contributed by atoms with Crippen molar-refractivity contribution in [2.24, 2.45) is 0 Å². The number of nitrogens with one attached hydrogen (secondary N) is 1. The average molecular weight is 316 g/mol. The predicted molar refractivity (Wildman–Crippen MR) is 88.6 cm³/mol. The van der Waals surface area contributed by atoms with Crippen LogP contribution in [0.25, 0.3) is 5.52 Å². The Bertz CT molecular complexity index is 620. The van der Waals surface area contributed by atoms with Crippen LogP contribution in [0.15, 0.2) is 30.5 Å². The summed E-state index contributed by atoms with van der Waals surface area (Å²) in [5.41, 5.74) is 1.37. The molecule has 0 aromatic carbocycles. The second kappa shape index (κ2) is 7.57. The Kier molecular flexibility index (Phi) is 5.25. The highest BCUT2D eigenvalue weighted by molar-refractivity contribution is 5.93. The molecule has 124 valence electrons. The predicted octanol–water partition coefficient (Wildman–Crippen LogP) is 1.56. The van der Waals surface area contributed by atoms with E-state index in [1.54, 1.807) is 10.6 Å². The Hall–Kier alpha value is -1.92. The number of pyridine rings is 1. The maximum atomic E-state index is 12.2. The second-order valence-corrected chi connectivity index (χ2v) is 5.94. The lowest BCUT2D eigenvalue weighted by Gasteiger charge is -2.32. The van der Waals surface area contributed by atoms with Gasteiger partial charge < -0.3 is 10.1 Å². The second-order valence-electron chi connectivity index (χ2n) is 5.94. The van der Waals surface area contributed by atoms with Crippen LogP contribution in [-0.4, -0.2) is 59.3 Å². The molecule has 3 heterocycles. The number of rotatable bonds is 6. The van der Waals surface area contributed by atoms with Gasteiger partial charge in [0.05, 0.1) is 18.2 Å². The van der Waals surface area contributed by atoms with Crippen molar-refractivity contribution in [3.8, 4) is 0 Å². The molecular weight excluding hydrogens is 292 g/mol. The zero-order valence-electron chi connectivity index (χ0n) is 13.6. The van der Waals surface area contributed by atoms with Gasteiger partial charge >= 0.3 is 0 Å². The highest BCUT2D eigenvalue weighted by Crippen LogP contribution is 2.09. The summed E-state index contributed by atoms with van der Waals surface area (Å²) in [6, 6.07) is 7.56. The normalized spacial score (nSPS) is 19.1. The average Bonchev–Trinajstić information content (AvgIpc) is 3.00. The van der Waals surface area contributed by atoms with E-state index in [2.05, 4.69) is 22.2 Å². The van der Waals surface area contributed by atoms with Crippen LogP contribution in [0, 0.1) is 0 Å². The van der Waals surface area contributed by atoms with Gasteiger partial charge in [-0.25, -0.2) is 4.52 Å². The number of carbonyl (C=O) groups is 1. The molecule has 2 aromatic heterocycles. The maximum absolute atomic E-state index is 12.2. The molecule has 0 radical (unpaired) electrons. The van der Waals surface area contributed by atoms with Crippen LogP contribution in [0.5, 0.6) is 0 Å². The van der Waals surface area contributed by atoms with E-state index in [0.717, 1.165) is 44.6 Å². The minimum Gasteiger partial charge on any atom is -0.375 e. The molecule has 6 nitrogen and oxygen atoms in total. The van der Waals surface area contributed by atoms with Gasteiger partial charge in [-0.2, -0.15) is 5.10 Å². The Labute approximate surface area is 136 Å². The Morgan fingerprint density at radius 2 is 2.39 bits per heavy atom. The first-order valence-electron chi connectivity index (χ1n) is 8.33. The zero-order chi connectivity index (χ0) is 16.1. The first-order valence-corrected chi connectivity index (χ1v) is 8.33. The number of fused-ring (bicyclic) bond motifs is 1. The summed E-state index contributed by atoms with van der Waals surface area (Å²) in [6.45, 7) is 6.67. The molecule has 3 rings (SSSR count). The topological polar surface area (TPSA) is 58.9 Å². The number of hydrogen-bond acceptors (Lipinski definition) is 4. The van der Waals surface area contributed by atoms with Crippen LogP contribution in [0.4, 0.5) is 0 Å². The van der Waals surface area contributed by atoms with Crippen LogP contribution in [0.3, 0.4) is 0 Å². The molecule has 0 aliphatic carbocycles. The van der Waals surface area contributed by atoms with Gasteiger partial charge in [-0.15, -0.1) is 0 Å². The summed E-state index contributed by atoms with van der Waals surface area (Å²) in [6.07, 6.45) is 4.04. The summed E-state index contributed by atoms with van der Waals surface area (Å²) in [4.78, 5) is 14.6. The largest absolute Gasteiger partial charge is 0.375 e. The van der Waals surface area contributed by atoms with Gasteiger partial charge in [0.15, 0.2) is 5.69 Å². The molecule has 23 heavy (non-hydrogen) atoms. The minimum atomic E-state index is -0.130. The van der Waals surface area contributed by atoms with Crippen LogP contribution < -0.4 is 5.32 Å². The van der Waals surface area contributed by atoms with Gasteiger partial charge in [0.25, 0.3) is 5.91 Å². The van der Waals surface area contributed by atoms with Gasteiger partial charge in [0.2, 0.25) is 0 Å². The van der Waals surface area contributed by atoms with E-state index in [4.69, 9.17) is 4.74 Å². The fraction of sp³-hybridized carbons (Fsp3) is 0.529. The van der Waals surface area contributed by atoms with E-state index in [1.807, 2.05) is 24.4 Å². The van der Waals surface area contributed by atoms with E-state index >= 15 is 0 Å². The molecule has 1 N–H and O–H groups in total. The van der Waals surface area contributed by atoms with Crippen molar-refractivity contribution in [1.29, 1.82) is 0 Å². The number of carbonyl (C=O) groups excluding carboxylic acids is 1. The number of amides is 1. The summed E-state index contributed by atoms with van der Waals surface area (Å²) in [7, 11) is 0. The highest BCUT2D eigenvalue weighted by Gasteiger charge is 2.20. The molecule has 1 aliphatic rings. The minimum absolute atomic E-state index is 0.130. The first-order chi connectivity index (χ1) is 11.3. The number of ether oxygens (including phenoxy) is 1. The molecule has 1 saturated heterocycles. The lowest BCUT2D eigenvalue weighted by atomic mass is 10.2. The Morgan fingerprint density at radius 1 is 1.48 bits per heavy atom. The van der Waals surface area contributed by atoms with Crippen molar-refractivity contribution in [2.45, 2.75) is 25.9 Å². The monoisotopic (exact) mass is 316 g/mol. The van der Waals surface area contributed by atoms with Crippen LogP contribution in [0.2, 0.25) is 0 Å². The SMILES string of the molecule is CCCN1CCO[C@H](CCNC(=O)c2cc3ccccn3n2)C1. The maximum Gasteiger partial charge on any atom is 0.271 e. The summed E-state index contributed by atoms with van der Waals surface area (Å²) in [5, 5.41) is 7.22. The number of nitrogens with zero attached hydrogens (tertiary/aromatic N) is 3. The van der Waals surface area contributed by atoms with Gasteiger partial charge in [-0.3, -0.25) is 9.69 Å². The molecule has 0 bridgehead atoms. The van der Waals surface area contributed by atoms with Crippen LogP contribution in [0.1, 0.15) is 30.3 Å². The highest BCUT2D eigenvalue weighted by atomic mass is 16.5. The first kappa shape index (κ1) is 16.0. The summed E-state index contributed by atoms with van der Waals surface area (Å²) in [5.74, 6) is -0.130. The van der Waals surface area contributed by atoms with E-state index < -0.39 is 0 Å². The van der Waals surface area contributed by atoms with Crippen molar-refractivity contribution in [1.82, 2.24) is 19.8 Å². The summed E-state index contributed by atoms with van der Waals surface area (Å²) >= 11 is 0. The lowest BCUT2D eigenvalue weighted by molar-refractivity contribution is -0.0312. The van der Waals surface area contributed by atoms with Crippen LogP contribution >= 0.6 is 0 Å². The quantitative estimate of drug-likeness (QED) is 0.879. The molecule has 1 amide bonds. The van der Waals surface area contributed by atoms with Gasteiger partial charge in [0.1, 0.15) is 0 Å². The third-order valence-electron chi connectivity index (χ3n) is 4.12. The molecule has 0 spiro atoms. The standard InChI is InChI=1S/C17H24N4O2/c1-2-8-20-10-11-23-15(13-20)6-7-18-17(22)16-12-14-5-3-4-9-21(14)19-16/h3-5,9,12,15H,2,6-8,10-11,13H2,1H3,(H,18,22)/t15-/m1/s1. The Morgan fingerprint density at radius 3 is 3.22 bits per heavy atom. The molecule has 0 saturated carbocycles. The van der Waals surface area contributed by atoms with Gasteiger partial charge in [0, 0.05) is 25.8 Å². The van der Waals surface area contributed by atoms with Crippen LogP contribution in [-0.2, 0) is 4.74 Å². The molecule has 1 atom stereocenters. The summed E-state index contributed by atoms with van der Waals surface area (Å²) < 4.78 is 7.49. The molecule has 2 aromatic rings. The van der Waals surface area contributed by atoms with Crippen molar-refractivity contribution in [3.63, 3.8) is 0 Å². The van der Waals surface area contributed by atoms with Gasteiger partial charge in [-0.05, 0) is 37.6 Å². The number of morpholine rings is 1. The van der Waals surface area contributed by atoms with E-state index in [9.17, 15) is 4.79 Å². The molecule has 1 aliphatic heterocycles. The van der Waals surface area contributed by atoms with E-state index in [-0.39, 0.29) is 12.0 Å². The van der Waals surface area contributed by atoms with E-state index in [1.165, 1.54) is 0 Å². The molecule has 1 fully saturated rings. The third-order valence-corrected chi connectivity index (χ3v) is 4.12. The smallest absolute Gasteiger partial charge is 0.271 e. The Balaban J connectivity index is 1.47. The van der Waals surface area contributed by atoms with Crippen molar-refractivity contribution in [3.05, 3.63) is 36.2 Å². The molecular formula is C17H24N4O2. The van der Waals surface area contributed by atoms with Crippen molar-refractivity contribution in [2.75, 3.05) is 32.8 Å². The van der Waals surface area contributed by atoms with Crippen molar-refractivity contribution < 1.29 is 9.53 Å². The van der Waals surface area contributed by atoms with Gasteiger partial charge in [-0.1, -0.05) is 13.0 Å². The third kappa shape index (κ3) is 4.09. The fourth-order valence-electron chi connectivity index (χ4n) is 2.96. The lowest BCUT2D eigenvalue weighted by Crippen LogP contribution is -2.44. The number of hydrogen-bond donors (Lipinski definition) is 1. The van der Waals surface area contributed by atoms with Crippen molar-refractivity contribution >= 4 is 11.4 Å². The molecule has 0 unspecified atom stereocenters. The van der Waals surface area contributed by atoms with E-state index in [0.29, 0.717) is 12.2 Å². The molecule has 6 heteroatoms.